The Hall–Kier alpha value is -2.58. The molecule has 1 saturated heterocycles. The topological polar surface area (TPSA) is 71.9 Å². The zero-order chi connectivity index (χ0) is 29.0. The molecular formula is C33H44F2N2O4. The van der Waals surface area contributed by atoms with Crippen LogP contribution < -0.4 is 4.74 Å². The van der Waals surface area contributed by atoms with Gasteiger partial charge in [0.05, 0.1) is 13.2 Å². The molecule has 0 bridgehead atoms. The Bertz CT molecular complexity index is 1190. The fourth-order valence-electron chi connectivity index (χ4n) is 6.95. The number of halogens is 2. The Labute approximate surface area is 242 Å². The predicted molar refractivity (Wildman–Crippen MR) is 154 cm³/mol. The Morgan fingerprint density at radius 1 is 1.15 bits per heavy atom. The first-order chi connectivity index (χ1) is 19.7. The molecule has 1 N–H and O–H groups in total. The molecule has 2 aromatic rings. The molecule has 224 valence electrons. The Morgan fingerprint density at radius 2 is 1.93 bits per heavy atom. The van der Waals surface area contributed by atoms with E-state index in [0.29, 0.717) is 32.5 Å². The average molecular weight is 571 g/mol. The number of carboxylic acid groups (broad SMARTS) is 1. The number of likely N-dealkylation sites (tertiary alicyclic amines) is 1. The molecule has 3 aliphatic rings. The van der Waals surface area contributed by atoms with Crippen LogP contribution in [0.2, 0.25) is 0 Å². The van der Waals surface area contributed by atoms with Gasteiger partial charge in [0.2, 0.25) is 5.92 Å². The third-order valence-corrected chi connectivity index (χ3v) is 9.18. The fraction of sp³-hybridized carbons (Fsp3) is 0.636. The van der Waals surface area contributed by atoms with Gasteiger partial charge in [0.25, 0.3) is 0 Å². The zero-order valence-corrected chi connectivity index (χ0v) is 24.5. The SMILES string of the molecule is COc1cc(CCCCO[C@@H]2CCN(C(C(=O)O)c3cc(C)ccc3C3CCC(F)(F)CC3)C2)nc2c1CCCC2. The van der Waals surface area contributed by atoms with Gasteiger partial charge in [-0.05, 0) is 88.2 Å². The molecule has 1 saturated carbocycles. The summed E-state index contributed by atoms with van der Waals surface area (Å²) < 4.78 is 39.5. The lowest BCUT2D eigenvalue weighted by Crippen LogP contribution is -2.35. The van der Waals surface area contributed by atoms with Crippen molar-refractivity contribution in [2.75, 3.05) is 26.8 Å². The van der Waals surface area contributed by atoms with E-state index in [1.54, 1.807) is 7.11 Å². The second-order valence-corrected chi connectivity index (χ2v) is 12.2. The van der Waals surface area contributed by atoms with E-state index in [0.717, 1.165) is 66.7 Å². The van der Waals surface area contributed by atoms with Crippen LogP contribution in [0.3, 0.4) is 0 Å². The number of ether oxygens (including phenoxy) is 2. The van der Waals surface area contributed by atoms with Gasteiger partial charge in [-0.2, -0.15) is 0 Å². The second kappa shape index (κ2) is 13.2. The first-order valence-electron chi connectivity index (χ1n) is 15.4. The molecule has 1 unspecified atom stereocenters. The summed E-state index contributed by atoms with van der Waals surface area (Å²) >= 11 is 0. The van der Waals surface area contributed by atoms with E-state index in [4.69, 9.17) is 14.5 Å². The van der Waals surface area contributed by atoms with Gasteiger partial charge in [0.1, 0.15) is 11.8 Å². The minimum Gasteiger partial charge on any atom is -0.496 e. The molecular weight excluding hydrogens is 526 g/mol. The van der Waals surface area contributed by atoms with Gasteiger partial charge < -0.3 is 14.6 Å². The molecule has 5 rings (SSSR count). The molecule has 1 aromatic carbocycles. The zero-order valence-electron chi connectivity index (χ0n) is 24.5. The van der Waals surface area contributed by atoms with Gasteiger partial charge in [-0.25, -0.2) is 8.78 Å². The van der Waals surface area contributed by atoms with Crippen molar-refractivity contribution in [2.24, 2.45) is 0 Å². The number of rotatable bonds is 11. The number of hydrogen-bond donors (Lipinski definition) is 1. The van der Waals surface area contributed by atoms with Crippen LogP contribution in [0.15, 0.2) is 24.3 Å². The molecule has 2 atom stereocenters. The van der Waals surface area contributed by atoms with Crippen LogP contribution in [0, 0.1) is 6.92 Å². The van der Waals surface area contributed by atoms with Gasteiger partial charge >= 0.3 is 5.97 Å². The minimum absolute atomic E-state index is 0.0135. The Kier molecular flexibility index (Phi) is 9.59. The number of benzene rings is 1. The number of aliphatic carboxylic acids is 1. The van der Waals surface area contributed by atoms with E-state index < -0.39 is 17.9 Å². The number of fused-ring (bicyclic) bond motifs is 1. The third-order valence-electron chi connectivity index (χ3n) is 9.18. The van der Waals surface area contributed by atoms with Crippen molar-refractivity contribution in [1.29, 1.82) is 0 Å². The maximum atomic E-state index is 13.8. The molecule has 2 fully saturated rings. The van der Waals surface area contributed by atoms with E-state index in [2.05, 4.69) is 6.07 Å². The lowest BCUT2D eigenvalue weighted by molar-refractivity contribution is -0.143. The molecule has 2 heterocycles. The van der Waals surface area contributed by atoms with Crippen molar-refractivity contribution in [3.05, 3.63) is 57.9 Å². The van der Waals surface area contributed by atoms with Gasteiger partial charge in [-0.15, -0.1) is 0 Å². The van der Waals surface area contributed by atoms with Gasteiger partial charge in [0.15, 0.2) is 0 Å². The van der Waals surface area contributed by atoms with E-state index in [1.165, 1.54) is 24.1 Å². The Morgan fingerprint density at radius 3 is 2.68 bits per heavy atom. The molecule has 0 amide bonds. The van der Waals surface area contributed by atoms with E-state index in [-0.39, 0.29) is 24.9 Å². The molecule has 0 spiro atoms. The van der Waals surface area contributed by atoms with Crippen LogP contribution in [0.1, 0.15) is 103 Å². The number of carboxylic acids is 1. The quantitative estimate of drug-likeness (QED) is 0.299. The highest BCUT2D eigenvalue weighted by atomic mass is 19.3. The maximum absolute atomic E-state index is 13.8. The van der Waals surface area contributed by atoms with Crippen molar-refractivity contribution in [3.63, 3.8) is 0 Å². The maximum Gasteiger partial charge on any atom is 0.325 e. The van der Waals surface area contributed by atoms with Gasteiger partial charge in [-0.1, -0.05) is 23.8 Å². The average Bonchev–Trinajstić information content (AvgIpc) is 3.41. The number of aromatic nitrogens is 1. The van der Waals surface area contributed by atoms with Gasteiger partial charge in [-0.3, -0.25) is 14.7 Å². The predicted octanol–water partition coefficient (Wildman–Crippen LogP) is 6.81. The summed E-state index contributed by atoms with van der Waals surface area (Å²) in [6.45, 7) is 3.77. The number of carbonyl (C=O) groups is 1. The van der Waals surface area contributed by atoms with Crippen LogP contribution in [0.25, 0.3) is 0 Å². The van der Waals surface area contributed by atoms with Crippen molar-refractivity contribution in [3.8, 4) is 5.75 Å². The number of methoxy groups -OCH3 is 1. The van der Waals surface area contributed by atoms with E-state index in [1.807, 2.05) is 30.0 Å². The smallest absolute Gasteiger partial charge is 0.325 e. The summed E-state index contributed by atoms with van der Waals surface area (Å²) in [6, 6.07) is 7.16. The summed E-state index contributed by atoms with van der Waals surface area (Å²) in [4.78, 5) is 19.5. The highest BCUT2D eigenvalue weighted by Gasteiger charge is 2.39. The van der Waals surface area contributed by atoms with E-state index >= 15 is 0 Å². The highest BCUT2D eigenvalue weighted by Crippen LogP contribution is 2.44. The summed E-state index contributed by atoms with van der Waals surface area (Å²) in [5, 5.41) is 10.3. The largest absolute Gasteiger partial charge is 0.496 e. The number of alkyl halides is 2. The molecule has 1 aliphatic heterocycles. The standard InChI is InChI=1S/C33H44F2N2O4/c1-22-10-11-26(23-12-15-33(34,35)16-13-23)28(19-22)31(32(38)39)37-17-14-25(21-37)41-18-6-5-7-24-20-30(40-2)27-8-3-4-9-29(27)36-24/h10-11,19-20,23,25,31H,3-9,12-18,21H2,1-2H3,(H,38,39)/t25-,31?/m1/s1. The molecule has 41 heavy (non-hydrogen) atoms. The third kappa shape index (κ3) is 7.26. The summed E-state index contributed by atoms with van der Waals surface area (Å²) in [5.74, 6) is -2.58. The first-order valence-corrected chi connectivity index (χ1v) is 15.4. The lowest BCUT2D eigenvalue weighted by atomic mass is 9.79. The van der Waals surface area contributed by atoms with Crippen molar-refractivity contribution < 1.29 is 28.2 Å². The Balaban J connectivity index is 1.15. The molecule has 0 radical (unpaired) electrons. The van der Waals surface area contributed by atoms with Crippen LogP contribution in [0.5, 0.6) is 5.75 Å². The van der Waals surface area contributed by atoms with Crippen LogP contribution in [0.4, 0.5) is 8.78 Å². The van der Waals surface area contributed by atoms with Crippen LogP contribution in [-0.4, -0.2) is 59.8 Å². The monoisotopic (exact) mass is 570 g/mol. The highest BCUT2D eigenvalue weighted by molar-refractivity contribution is 5.76. The molecule has 8 heteroatoms. The number of aryl methyl sites for hydroxylation is 3. The number of unbranched alkanes of at least 4 members (excludes halogenated alkanes) is 1. The molecule has 1 aromatic heterocycles. The summed E-state index contributed by atoms with van der Waals surface area (Å²) in [5.41, 5.74) is 6.19. The van der Waals surface area contributed by atoms with Crippen LogP contribution >= 0.6 is 0 Å². The number of nitrogens with zero attached hydrogens (tertiary/aromatic N) is 2. The lowest BCUT2D eigenvalue weighted by Gasteiger charge is -2.33. The first kappa shape index (κ1) is 29.9. The second-order valence-electron chi connectivity index (χ2n) is 12.2. The molecule has 2 aliphatic carbocycles. The van der Waals surface area contributed by atoms with Crippen molar-refractivity contribution >= 4 is 5.97 Å². The van der Waals surface area contributed by atoms with Crippen LogP contribution in [-0.2, 0) is 28.8 Å². The van der Waals surface area contributed by atoms with Crippen molar-refractivity contribution in [1.82, 2.24) is 9.88 Å². The van der Waals surface area contributed by atoms with Crippen molar-refractivity contribution in [2.45, 2.75) is 108 Å². The summed E-state index contributed by atoms with van der Waals surface area (Å²) in [6.07, 6.45) is 8.47. The van der Waals surface area contributed by atoms with E-state index in [9.17, 15) is 18.7 Å². The molecule has 6 nitrogen and oxygen atoms in total. The van der Waals surface area contributed by atoms with Gasteiger partial charge in [0, 0.05) is 55.6 Å². The minimum atomic E-state index is -2.61. The normalized spacial score (nSPS) is 21.9. The number of hydrogen-bond acceptors (Lipinski definition) is 5. The summed E-state index contributed by atoms with van der Waals surface area (Å²) in [7, 11) is 1.73. The number of pyridine rings is 1. The fourth-order valence-corrected chi connectivity index (χ4v) is 6.95.